The number of nitrogens with zero attached hydrogens (tertiary/aromatic N) is 3. The highest BCUT2D eigenvalue weighted by atomic mass is 79.9. The van der Waals surface area contributed by atoms with Crippen molar-refractivity contribution in [3.63, 3.8) is 0 Å². The van der Waals surface area contributed by atoms with Crippen LogP contribution in [0.2, 0.25) is 5.28 Å². The first-order valence-corrected chi connectivity index (χ1v) is 7.46. The lowest BCUT2D eigenvalue weighted by Gasteiger charge is -2.24. The van der Waals surface area contributed by atoms with Crippen molar-refractivity contribution in [3.8, 4) is 0 Å². The summed E-state index contributed by atoms with van der Waals surface area (Å²) in [6, 6.07) is 0.754. The second kappa shape index (κ2) is 6.68. The average Bonchev–Trinajstić information content (AvgIpc) is 2.87. The highest BCUT2D eigenvalue weighted by molar-refractivity contribution is 9.10. The number of hydrogen-bond donors (Lipinski definition) is 1. The minimum absolute atomic E-state index is 0.268. The fourth-order valence-electron chi connectivity index (χ4n) is 2.35. The Balaban J connectivity index is 1.79. The number of rotatable bonds is 5. The Labute approximate surface area is 121 Å². The molecule has 1 aliphatic carbocycles. The topological polar surface area (TPSA) is 41.0 Å². The van der Waals surface area contributed by atoms with E-state index in [9.17, 15) is 0 Å². The lowest BCUT2D eigenvalue weighted by molar-refractivity contribution is 0.254. The fourth-order valence-corrected chi connectivity index (χ4v) is 2.81. The van der Waals surface area contributed by atoms with E-state index in [0.717, 1.165) is 29.4 Å². The summed E-state index contributed by atoms with van der Waals surface area (Å²) >= 11 is 9.17. The molecule has 0 bridgehead atoms. The molecule has 0 aromatic carbocycles. The van der Waals surface area contributed by atoms with Crippen LogP contribution < -0.4 is 5.32 Å². The van der Waals surface area contributed by atoms with Gasteiger partial charge in [-0.15, -0.1) is 0 Å². The Morgan fingerprint density at radius 1 is 1.50 bits per heavy atom. The maximum Gasteiger partial charge on any atom is 0.224 e. The number of aromatic nitrogens is 2. The van der Waals surface area contributed by atoms with Crippen LogP contribution in [0.1, 0.15) is 25.7 Å². The minimum Gasteiger partial charge on any atom is -0.368 e. The van der Waals surface area contributed by atoms with Gasteiger partial charge in [-0.05, 0) is 47.4 Å². The van der Waals surface area contributed by atoms with Crippen molar-refractivity contribution in [1.82, 2.24) is 14.9 Å². The molecule has 18 heavy (non-hydrogen) atoms. The van der Waals surface area contributed by atoms with Gasteiger partial charge >= 0.3 is 0 Å². The van der Waals surface area contributed by atoms with E-state index in [0.29, 0.717) is 0 Å². The molecular formula is C12H18BrClN4. The molecule has 1 heterocycles. The standard InChI is InChI=1S/C12H18BrClN4/c1-18(9-4-2-3-5-9)7-6-15-11-10(13)8-16-12(14)17-11/h8-9H,2-7H2,1H3,(H,15,16,17). The van der Waals surface area contributed by atoms with Crippen molar-refractivity contribution in [2.24, 2.45) is 0 Å². The Bertz CT molecular complexity index is 396. The number of nitrogens with one attached hydrogen (secondary N) is 1. The molecule has 0 saturated heterocycles. The van der Waals surface area contributed by atoms with E-state index >= 15 is 0 Å². The molecule has 1 aromatic rings. The molecule has 1 saturated carbocycles. The molecule has 0 spiro atoms. The van der Waals surface area contributed by atoms with Crippen molar-refractivity contribution >= 4 is 33.3 Å². The summed E-state index contributed by atoms with van der Waals surface area (Å²) in [6.45, 7) is 1.87. The molecule has 0 aliphatic heterocycles. The summed E-state index contributed by atoms with van der Waals surface area (Å²) in [5.41, 5.74) is 0. The number of halogens is 2. The molecule has 1 aliphatic rings. The fraction of sp³-hybridized carbons (Fsp3) is 0.667. The molecule has 0 unspecified atom stereocenters. The van der Waals surface area contributed by atoms with Gasteiger partial charge in [0.05, 0.1) is 4.47 Å². The van der Waals surface area contributed by atoms with Crippen LogP contribution in [0.3, 0.4) is 0 Å². The Kier molecular flexibility index (Phi) is 5.21. The maximum atomic E-state index is 5.77. The van der Waals surface area contributed by atoms with Crippen LogP contribution in [-0.2, 0) is 0 Å². The number of likely N-dealkylation sites (N-methyl/N-ethyl adjacent to an activating group) is 1. The van der Waals surface area contributed by atoms with Gasteiger partial charge < -0.3 is 10.2 Å². The van der Waals surface area contributed by atoms with Crippen LogP contribution in [0.5, 0.6) is 0 Å². The van der Waals surface area contributed by atoms with Crippen LogP contribution in [0.25, 0.3) is 0 Å². The summed E-state index contributed by atoms with van der Waals surface area (Å²) in [5.74, 6) is 0.759. The molecule has 1 aromatic heterocycles. The lowest BCUT2D eigenvalue weighted by atomic mass is 10.2. The average molecular weight is 334 g/mol. The van der Waals surface area contributed by atoms with E-state index in [1.54, 1.807) is 6.20 Å². The quantitative estimate of drug-likeness (QED) is 0.840. The van der Waals surface area contributed by atoms with E-state index in [-0.39, 0.29) is 5.28 Å². The summed E-state index contributed by atoms with van der Waals surface area (Å²) in [7, 11) is 2.19. The Morgan fingerprint density at radius 2 is 2.22 bits per heavy atom. The first-order valence-electron chi connectivity index (χ1n) is 6.29. The monoisotopic (exact) mass is 332 g/mol. The molecule has 0 amide bonds. The van der Waals surface area contributed by atoms with Crippen molar-refractivity contribution in [1.29, 1.82) is 0 Å². The van der Waals surface area contributed by atoms with Gasteiger partial charge in [0, 0.05) is 25.3 Å². The Hall–Kier alpha value is -0.390. The van der Waals surface area contributed by atoms with Crippen molar-refractivity contribution < 1.29 is 0 Å². The third kappa shape index (κ3) is 3.80. The van der Waals surface area contributed by atoms with E-state index in [1.165, 1.54) is 25.7 Å². The highest BCUT2D eigenvalue weighted by Crippen LogP contribution is 2.22. The first kappa shape index (κ1) is 14.0. The summed E-state index contributed by atoms with van der Waals surface area (Å²) in [5, 5.41) is 3.55. The molecule has 1 fully saturated rings. The van der Waals surface area contributed by atoms with Gasteiger partial charge in [-0.25, -0.2) is 4.98 Å². The predicted molar refractivity (Wildman–Crippen MR) is 78.1 cm³/mol. The molecule has 6 heteroatoms. The summed E-state index contributed by atoms with van der Waals surface area (Å²) in [6.07, 6.45) is 7.07. The van der Waals surface area contributed by atoms with Crippen LogP contribution in [0.15, 0.2) is 10.7 Å². The molecular weight excluding hydrogens is 316 g/mol. The van der Waals surface area contributed by atoms with Crippen LogP contribution in [0.4, 0.5) is 5.82 Å². The number of hydrogen-bond acceptors (Lipinski definition) is 4. The van der Waals surface area contributed by atoms with Gasteiger partial charge in [-0.1, -0.05) is 12.8 Å². The molecule has 1 N–H and O–H groups in total. The van der Waals surface area contributed by atoms with Crippen molar-refractivity contribution in [2.75, 3.05) is 25.5 Å². The summed E-state index contributed by atoms with van der Waals surface area (Å²) in [4.78, 5) is 10.5. The Morgan fingerprint density at radius 3 is 2.94 bits per heavy atom. The second-order valence-electron chi connectivity index (χ2n) is 4.68. The smallest absolute Gasteiger partial charge is 0.224 e. The largest absolute Gasteiger partial charge is 0.368 e. The molecule has 0 atom stereocenters. The van der Waals surface area contributed by atoms with Crippen LogP contribution in [0, 0.1) is 0 Å². The van der Waals surface area contributed by atoms with Crippen molar-refractivity contribution in [2.45, 2.75) is 31.7 Å². The summed E-state index contributed by atoms with van der Waals surface area (Å²) < 4.78 is 0.843. The SMILES string of the molecule is CN(CCNc1nc(Cl)ncc1Br)C1CCCC1. The van der Waals surface area contributed by atoms with Crippen LogP contribution in [-0.4, -0.2) is 41.0 Å². The zero-order valence-electron chi connectivity index (χ0n) is 10.5. The molecule has 4 nitrogen and oxygen atoms in total. The van der Waals surface area contributed by atoms with Gasteiger partial charge in [0.25, 0.3) is 0 Å². The zero-order valence-corrected chi connectivity index (χ0v) is 12.8. The molecule has 100 valence electrons. The number of anilines is 1. The van der Waals surface area contributed by atoms with Gasteiger partial charge in [0.2, 0.25) is 5.28 Å². The normalized spacial score (nSPS) is 16.4. The maximum absolute atomic E-state index is 5.77. The third-order valence-corrected chi connectivity index (χ3v) is 4.18. The van der Waals surface area contributed by atoms with Crippen molar-refractivity contribution in [3.05, 3.63) is 16.0 Å². The van der Waals surface area contributed by atoms with Gasteiger partial charge in [-0.3, -0.25) is 0 Å². The zero-order chi connectivity index (χ0) is 13.0. The minimum atomic E-state index is 0.268. The van der Waals surface area contributed by atoms with Crippen LogP contribution >= 0.6 is 27.5 Å². The third-order valence-electron chi connectivity index (χ3n) is 3.42. The highest BCUT2D eigenvalue weighted by Gasteiger charge is 2.18. The van der Waals surface area contributed by atoms with Gasteiger partial charge in [-0.2, -0.15) is 4.98 Å². The first-order chi connectivity index (χ1) is 8.66. The van der Waals surface area contributed by atoms with E-state index in [1.807, 2.05) is 0 Å². The van der Waals surface area contributed by atoms with E-state index in [2.05, 4.69) is 43.2 Å². The molecule has 2 rings (SSSR count). The van der Waals surface area contributed by atoms with E-state index in [4.69, 9.17) is 11.6 Å². The lowest BCUT2D eigenvalue weighted by Crippen LogP contribution is -2.33. The molecule has 0 radical (unpaired) electrons. The second-order valence-corrected chi connectivity index (χ2v) is 5.87. The van der Waals surface area contributed by atoms with E-state index < -0.39 is 0 Å². The van der Waals surface area contributed by atoms with Gasteiger partial charge in [0.1, 0.15) is 5.82 Å². The van der Waals surface area contributed by atoms with Gasteiger partial charge in [0.15, 0.2) is 0 Å². The predicted octanol–water partition coefficient (Wildman–Crippen LogP) is 3.18.